The Bertz CT molecular complexity index is 80.1. The predicted molar refractivity (Wildman–Crippen MR) is 49.5 cm³/mol. The van der Waals surface area contributed by atoms with Gasteiger partial charge in [-0.15, -0.1) is 0 Å². The van der Waals surface area contributed by atoms with E-state index < -0.39 is 0 Å². The molecule has 3 N–H and O–H groups in total. The highest BCUT2D eigenvalue weighted by Crippen LogP contribution is 1.82. The van der Waals surface area contributed by atoms with E-state index in [1.165, 1.54) is 6.42 Å². The SMILES string of the molecule is CCCN([Si])CCNCCN. The van der Waals surface area contributed by atoms with E-state index in [1.54, 1.807) is 0 Å². The van der Waals surface area contributed by atoms with Crippen LogP contribution in [0.5, 0.6) is 0 Å². The van der Waals surface area contributed by atoms with E-state index in [9.17, 15) is 0 Å². The lowest BCUT2D eigenvalue weighted by molar-refractivity contribution is 0.441. The molecule has 0 aromatic rings. The van der Waals surface area contributed by atoms with E-state index in [0.717, 1.165) is 32.7 Å². The van der Waals surface area contributed by atoms with Crippen molar-refractivity contribution >= 4 is 10.4 Å². The van der Waals surface area contributed by atoms with Crippen LogP contribution >= 0.6 is 0 Å². The van der Waals surface area contributed by atoms with Crippen LogP contribution in [-0.2, 0) is 0 Å². The molecule has 0 aromatic heterocycles. The van der Waals surface area contributed by atoms with E-state index in [4.69, 9.17) is 5.73 Å². The Balaban J connectivity index is 2.97. The summed E-state index contributed by atoms with van der Waals surface area (Å²) in [6.45, 7) is 6.93. The molecule has 0 aliphatic carbocycles. The van der Waals surface area contributed by atoms with Crippen molar-refractivity contribution in [1.29, 1.82) is 0 Å². The van der Waals surface area contributed by atoms with Gasteiger partial charge < -0.3 is 15.6 Å². The summed E-state index contributed by atoms with van der Waals surface area (Å²) in [5.74, 6) is 0. The van der Waals surface area contributed by atoms with Gasteiger partial charge in [-0.25, -0.2) is 0 Å². The van der Waals surface area contributed by atoms with E-state index >= 15 is 0 Å². The summed E-state index contributed by atoms with van der Waals surface area (Å²) in [6.07, 6.45) is 1.18. The molecule has 4 heteroatoms. The highest BCUT2D eigenvalue weighted by atomic mass is 28.2. The van der Waals surface area contributed by atoms with Crippen molar-refractivity contribution in [3.8, 4) is 0 Å². The number of nitrogens with two attached hydrogens (primary N) is 1. The maximum absolute atomic E-state index is 5.32. The Kier molecular flexibility index (Phi) is 8.27. The second-order valence-electron chi connectivity index (χ2n) is 2.53. The third kappa shape index (κ3) is 8.00. The van der Waals surface area contributed by atoms with Crippen molar-refractivity contribution in [3.63, 3.8) is 0 Å². The van der Waals surface area contributed by atoms with Crippen molar-refractivity contribution in [3.05, 3.63) is 0 Å². The summed E-state index contributed by atoms with van der Waals surface area (Å²) in [5.41, 5.74) is 5.32. The zero-order chi connectivity index (χ0) is 8.53. The average Bonchev–Trinajstić information content (AvgIpc) is 1.99. The Morgan fingerprint density at radius 2 is 2.09 bits per heavy atom. The Morgan fingerprint density at radius 3 is 2.64 bits per heavy atom. The van der Waals surface area contributed by atoms with Crippen LogP contribution < -0.4 is 11.1 Å². The van der Waals surface area contributed by atoms with Gasteiger partial charge in [-0.1, -0.05) is 6.92 Å². The van der Waals surface area contributed by atoms with E-state index in [2.05, 4.69) is 27.2 Å². The molecule has 0 heterocycles. The fraction of sp³-hybridized carbons (Fsp3) is 1.00. The molecule has 0 saturated carbocycles. The molecule has 0 aromatic carbocycles. The first kappa shape index (κ1) is 11.1. The minimum absolute atomic E-state index is 0.718. The van der Waals surface area contributed by atoms with Gasteiger partial charge in [0.1, 0.15) is 10.4 Å². The molecule has 0 bridgehead atoms. The average molecular weight is 172 g/mol. The van der Waals surface area contributed by atoms with Crippen molar-refractivity contribution in [2.45, 2.75) is 13.3 Å². The second-order valence-corrected chi connectivity index (χ2v) is 3.16. The quantitative estimate of drug-likeness (QED) is 0.395. The van der Waals surface area contributed by atoms with Crippen LogP contribution in [0.3, 0.4) is 0 Å². The number of hydrogen-bond acceptors (Lipinski definition) is 3. The fourth-order valence-corrected chi connectivity index (χ4v) is 1.16. The van der Waals surface area contributed by atoms with E-state index in [0.29, 0.717) is 0 Å². The molecule has 11 heavy (non-hydrogen) atoms. The molecule has 0 aliphatic heterocycles. The molecule has 0 spiro atoms. The number of rotatable bonds is 7. The van der Waals surface area contributed by atoms with Gasteiger partial charge in [0.25, 0.3) is 0 Å². The van der Waals surface area contributed by atoms with Gasteiger partial charge in [-0.2, -0.15) is 0 Å². The predicted octanol–water partition coefficient (Wildman–Crippen LogP) is -0.670. The lowest BCUT2D eigenvalue weighted by Gasteiger charge is -2.14. The summed E-state index contributed by atoms with van der Waals surface area (Å²) in [6, 6.07) is 0. The maximum atomic E-state index is 5.32. The van der Waals surface area contributed by atoms with Crippen LogP contribution in [0.1, 0.15) is 13.3 Å². The van der Waals surface area contributed by atoms with Crippen LogP contribution in [0.2, 0.25) is 0 Å². The van der Waals surface area contributed by atoms with Crippen LogP contribution in [-0.4, -0.2) is 47.7 Å². The van der Waals surface area contributed by atoms with Crippen LogP contribution in [0.4, 0.5) is 0 Å². The summed E-state index contributed by atoms with van der Waals surface area (Å²) in [5, 5.41) is 3.23. The van der Waals surface area contributed by atoms with Crippen molar-refractivity contribution in [2.24, 2.45) is 5.73 Å². The van der Waals surface area contributed by atoms with Crippen LogP contribution in [0, 0.1) is 0 Å². The standard InChI is InChI=1S/C7H18N3Si/c1-2-6-10(11)7-5-9-4-3-8/h9H,2-8H2,1H3. The molecule has 0 fully saturated rings. The third-order valence-corrected chi connectivity index (χ3v) is 1.82. The molecule has 0 saturated heterocycles. The number of hydrogen-bond donors (Lipinski definition) is 2. The van der Waals surface area contributed by atoms with Gasteiger partial charge in [-0.3, -0.25) is 0 Å². The molecule has 3 nitrogen and oxygen atoms in total. The first-order valence-electron chi connectivity index (χ1n) is 4.18. The molecule has 0 aliphatic rings. The highest BCUT2D eigenvalue weighted by Gasteiger charge is 1.94. The highest BCUT2D eigenvalue weighted by molar-refractivity contribution is 6.04. The smallest absolute Gasteiger partial charge is 0.143 e. The first-order chi connectivity index (χ1) is 5.31. The second kappa shape index (κ2) is 8.20. The van der Waals surface area contributed by atoms with Gasteiger partial charge in [0.15, 0.2) is 0 Å². The largest absolute Gasteiger partial charge is 0.329 e. The van der Waals surface area contributed by atoms with Crippen molar-refractivity contribution in [2.75, 3.05) is 32.7 Å². The van der Waals surface area contributed by atoms with Crippen molar-refractivity contribution in [1.82, 2.24) is 9.88 Å². The molecule has 0 atom stereocenters. The molecular formula is C7H18N3Si. The Morgan fingerprint density at radius 1 is 1.36 bits per heavy atom. The lowest BCUT2D eigenvalue weighted by Crippen LogP contribution is -2.33. The third-order valence-electron chi connectivity index (χ3n) is 1.37. The zero-order valence-electron chi connectivity index (χ0n) is 7.27. The van der Waals surface area contributed by atoms with Gasteiger partial charge in [0.05, 0.1) is 0 Å². The van der Waals surface area contributed by atoms with Crippen LogP contribution in [0.25, 0.3) is 0 Å². The van der Waals surface area contributed by atoms with Gasteiger partial charge >= 0.3 is 0 Å². The Labute approximate surface area is 72.8 Å². The molecular weight excluding hydrogens is 154 g/mol. The molecule has 65 valence electrons. The fourth-order valence-electron chi connectivity index (χ4n) is 0.823. The van der Waals surface area contributed by atoms with Crippen LogP contribution in [0.15, 0.2) is 0 Å². The normalized spacial score (nSPS) is 10.9. The molecule has 0 unspecified atom stereocenters. The van der Waals surface area contributed by atoms with Gasteiger partial charge in [0, 0.05) is 26.2 Å². The topological polar surface area (TPSA) is 41.3 Å². The zero-order valence-corrected chi connectivity index (χ0v) is 8.27. The van der Waals surface area contributed by atoms with Gasteiger partial charge in [-0.05, 0) is 13.0 Å². The number of nitrogens with zero attached hydrogens (tertiary/aromatic N) is 1. The van der Waals surface area contributed by atoms with Crippen molar-refractivity contribution < 1.29 is 0 Å². The van der Waals surface area contributed by atoms with E-state index in [1.807, 2.05) is 0 Å². The molecule has 3 radical (unpaired) electrons. The minimum atomic E-state index is 0.718. The first-order valence-corrected chi connectivity index (χ1v) is 4.63. The molecule has 0 amide bonds. The maximum Gasteiger partial charge on any atom is 0.143 e. The van der Waals surface area contributed by atoms with E-state index in [-0.39, 0.29) is 0 Å². The summed E-state index contributed by atoms with van der Waals surface area (Å²) in [4.78, 5) is 0. The monoisotopic (exact) mass is 172 g/mol. The summed E-state index contributed by atoms with van der Waals surface area (Å²) >= 11 is 0. The Hall–Kier alpha value is 0.0969. The summed E-state index contributed by atoms with van der Waals surface area (Å²) in [7, 11) is 3.50. The minimum Gasteiger partial charge on any atom is -0.329 e. The molecule has 0 rings (SSSR count). The van der Waals surface area contributed by atoms with Gasteiger partial charge in [0.2, 0.25) is 0 Å². The number of nitrogens with one attached hydrogen (secondary N) is 1. The summed E-state index contributed by atoms with van der Waals surface area (Å²) < 4.78 is 2.13. The lowest BCUT2D eigenvalue weighted by atomic mass is 10.4.